The molecule has 0 heterocycles. The SMILES string of the molecule is OB(O)c1cccc2cccc(C(F)F)c12. The zero-order valence-electron chi connectivity index (χ0n) is 8.27. The summed E-state index contributed by atoms with van der Waals surface area (Å²) >= 11 is 0. The first kappa shape index (κ1) is 11.0. The normalized spacial score (nSPS) is 11.1. The first-order valence-electron chi connectivity index (χ1n) is 4.77. The van der Waals surface area contributed by atoms with Crippen molar-refractivity contribution in [1.29, 1.82) is 0 Å². The standard InChI is InChI=1S/C11H9BF2O2/c13-11(14)8-5-1-3-7-4-2-6-9(10(7)8)12(15)16/h1-6,11,15-16H. The van der Waals surface area contributed by atoms with Crippen LogP contribution in [0.4, 0.5) is 8.78 Å². The summed E-state index contributed by atoms with van der Waals surface area (Å²) in [6.45, 7) is 0. The highest BCUT2D eigenvalue weighted by Crippen LogP contribution is 2.26. The van der Waals surface area contributed by atoms with Crippen molar-refractivity contribution in [2.45, 2.75) is 6.43 Å². The maximum Gasteiger partial charge on any atom is 0.489 e. The second-order valence-corrected chi connectivity index (χ2v) is 3.47. The van der Waals surface area contributed by atoms with Crippen LogP contribution in [0.1, 0.15) is 12.0 Å². The molecular weight excluding hydrogens is 213 g/mol. The summed E-state index contributed by atoms with van der Waals surface area (Å²) in [6, 6.07) is 9.17. The van der Waals surface area contributed by atoms with E-state index < -0.39 is 13.5 Å². The zero-order chi connectivity index (χ0) is 11.7. The van der Waals surface area contributed by atoms with Gasteiger partial charge in [0, 0.05) is 5.56 Å². The van der Waals surface area contributed by atoms with Gasteiger partial charge in [-0.1, -0.05) is 36.4 Å². The number of benzene rings is 2. The molecule has 0 saturated heterocycles. The van der Waals surface area contributed by atoms with Crippen LogP contribution in [0.5, 0.6) is 0 Å². The number of hydrogen-bond donors (Lipinski definition) is 2. The Morgan fingerprint density at radius 1 is 1.00 bits per heavy atom. The Hall–Kier alpha value is -1.46. The van der Waals surface area contributed by atoms with Crippen LogP contribution in [0.25, 0.3) is 10.8 Å². The summed E-state index contributed by atoms with van der Waals surface area (Å²) in [7, 11) is -1.75. The van der Waals surface area contributed by atoms with E-state index in [1.54, 1.807) is 18.2 Å². The molecule has 2 aromatic rings. The van der Waals surface area contributed by atoms with Gasteiger partial charge < -0.3 is 10.0 Å². The number of rotatable bonds is 2. The maximum atomic E-state index is 12.8. The minimum absolute atomic E-state index is 0.105. The summed E-state index contributed by atoms with van der Waals surface area (Å²) in [6.07, 6.45) is -2.64. The van der Waals surface area contributed by atoms with Crippen molar-refractivity contribution in [2.75, 3.05) is 0 Å². The van der Waals surface area contributed by atoms with Crippen molar-refractivity contribution in [1.82, 2.24) is 0 Å². The van der Waals surface area contributed by atoms with Gasteiger partial charge in [0.05, 0.1) is 0 Å². The van der Waals surface area contributed by atoms with E-state index in [0.29, 0.717) is 5.39 Å². The molecule has 0 amide bonds. The molecule has 82 valence electrons. The number of halogens is 2. The predicted octanol–water partition coefficient (Wildman–Crippen LogP) is 1.46. The Morgan fingerprint density at radius 2 is 1.62 bits per heavy atom. The predicted molar refractivity (Wildman–Crippen MR) is 58.7 cm³/mol. The Balaban J connectivity index is 2.82. The quantitative estimate of drug-likeness (QED) is 0.755. The van der Waals surface area contributed by atoms with Crippen molar-refractivity contribution < 1.29 is 18.8 Å². The van der Waals surface area contributed by atoms with Gasteiger partial charge in [0.25, 0.3) is 6.43 Å². The molecule has 0 saturated carbocycles. The van der Waals surface area contributed by atoms with E-state index in [9.17, 15) is 8.78 Å². The molecule has 0 radical (unpaired) electrons. The molecule has 2 N–H and O–H groups in total. The second-order valence-electron chi connectivity index (χ2n) is 3.47. The fourth-order valence-corrected chi connectivity index (χ4v) is 1.80. The molecule has 16 heavy (non-hydrogen) atoms. The molecule has 0 aliphatic carbocycles. The highest BCUT2D eigenvalue weighted by Gasteiger charge is 2.19. The van der Waals surface area contributed by atoms with E-state index in [2.05, 4.69) is 0 Å². The van der Waals surface area contributed by atoms with Gasteiger partial charge >= 0.3 is 7.12 Å². The number of fused-ring (bicyclic) bond motifs is 1. The Morgan fingerprint density at radius 3 is 2.19 bits per heavy atom. The van der Waals surface area contributed by atoms with E-state index in [-0.39, 0.29) is 16.4 Å². The first-order valence-corrected chi connectivity index (χ1v) is 4.77. The van der Waals surface area contributed by atoms with Crippen molar-refractivity contribution in [3.8, 4) is 0 Å². The third kappa shape index (κ3) is 1.79. The van der Waals surface area contributed by atoms with Gasteiger partial charge in [0.15, 0.2) is 0 Å². The van der Waals surface area contributed by atoms with Crippen LogP contribution >= 0.6 is 0 Å². The summed E-state index contributed by atoms with van der Waals surface area (Å²) in [5.41, 5.74) is -0.0744. The molecule has 0 fully saturated rings. The number of hydrogen-bond acceptors (Lipinski definition) is 2. The van der Waals surface area contributed by atoms with Crippen LogP contribution in [0.3, 0.4) is 0 Å². The molecule has 2 aromatic carbocycles. The first-order chi connectivity index (χ1) is 7.61. The van der Waals surface area contributed by atoms with Gasteiger partial charge in [-0.05, 0) is 16.2 Å². The molecular formula is C11H9BF2O2. The Bertz CT molecular complexity index is 472. The van der Waals surface area contributed by atoms with Crippen LogP contribution in [0, 0.1) is 0 Å². The van der Waals surface area contributed by atoms with Gasteiger partial charge in [0.1, 0.15) is 0 Å². The third-order valence-corrected chi connectivity index (χ3v) is 2.48. The van der Waals surface area contributed by atoms with Crippen molar-refractivity contribution in [2.24, 2.45) is 0 Å². The summed E-state index contributed by atoms with van der Waals surface area (Å²) in [5.74, 6) is 0. The average Bonchev–Trinajstić information content (AvgIpc) is 2.27. The fourth-order valence-electron chi connectivity index (χ4n) is 1.80. The molecule has 0 aromatic heterocycles. The summed E-state index contributed by atoms with van der Waals surface area (Å²) in [5, 5.41) is 19.1. The largest absolute Gasteiger partial charge is 0.489 e. The average molecular weight is 222 g/mol. The highest BCUT2D eigenvalue weighted by molar-refractivity contribution is 6.62. The molecule has 0 aliphatic heterocycles. The van der Waals surface area contributed by atoms with Crippen molar-refractivity contribution in [3.63, 3.8) is 0 Å². The smallest absolute Gasteiger partial charge is 0.423 e. The topological polar surface area (TPSA) is 40.5 Å². The van der Waals surface area contributed by atoms with E-state index in [4.69, 9.17) is 10.0 Å². The molecule has 0 unspecified atom stereocenters. The van der Waals surface area contributed by atoms with Crippen LogP contribution < -0.4 is 5.46 Å². The molecule has 0 atom stereocenters. The lowest BCUT2D eigenvalue weighted by atomic mass is 9.76. The molecule has 5 heteroatoms. The van der Waals surface area contributed by atoms with E-state index in [1.165, 1.54) is 18.2 Å². The van der Waals surface area contributed by atoms with Gasteiger partial charge in [-0.25, -0.2) is 8.78 Å². The fraction of sp³-hybridized carbons (Fsp3) is 0.0909. The van der Waals surface area contributed by atoms with Crippen LogP contribution in [-0.4, -0.2) is 17.2 Å². The lowest BCUT2D eigenvalue weighted by Crippen LogP contribution is -2.30. The van der Waals surface area contributed by atoms with Crippen molar-refractivity contribution >= 4 is 23.4 Å². The Kier molecular flexibility index (Phi) is 2.89. The van der Waals surface area contributed by atoms with Crippen LogP contribution in [-0.2, 0) is 0 Å². The zero-order valence-corrected chi connectivity index (χ0v) is 8.27. The lowest BCUT2D eigenvalue weighted by molar-refractivity contribution is 0.153. The van der Waals surface area contributed by atoms with E-state index in [1.807, 2.05) is 0 Å². The number of alkyl halides is 2. The Labute approximate surface area is 91.3 Å². The molecule has 0 spiro atoms. The van der Waals surface area contributed by atoms with Gasteiger partial charge in [-0.2, -0.15) is 0 Å². The van der Waals surface area contributed by atoms with Crippen molar-refractivity contribution in [3.05, 3.63) is 42.0 Å². The van der Waals surface area contributed by atoms with Gasteiger partial charge in [0.2, 0.25) is 0 Å². The van der Waals surface area contributed by atoms with Crippen LogP contribution in [0.2, 0.25) is 0 Å². The minimum Gasteiger partial charge on any atom is -0.423 e. The molecule has 0 bridgehead atoms. The second kappa shape index (κ2) is 4.19. The van der Waals surface area contributed by atoms with E-state index in [0.717, 1.165) is 0 Å². The minimum atomic E-state index is -2.64. The molecule has 2 rings (SSSR count). The lowest BCUT2D eigenvalue weighted by Gasteiger charge is -2.10. The summed E-state index contributed by atoms with van der Waals surface area (Å²) < 4.78 is 25.6. The van der Waals surface area contributed by atoms with E-state index >= 15 is 0 Å². The maximum absolute atomic E-state index is 12.8. The van der Waals surface area contributed by atoms with Gasteiger partial charge in [-0.3, -0.25) is 0 Å². The summed E-state index contributed by atoms with van der Waals surface area (Å²) in [4.78, 5) is 0. The monoisotopic (exact) mass is 222 g/mol. The molecule has 0 aliphatic rings. The van der Waals surface area contributed by atoms with Crippen LogP contribution in [0.15, 0.2) is 36.4 Å². The molecule has 2 nitrogen and oxygen atoms in total. The third-order valence-electron chi connectivity index (χ3n) is 2.48. The van der Waals surface area contributed by atoms with Gasteiger partial charge in [-0.15, -0.1) is 0 Å². The highest BCUT2D eigenvalue weighted by atomic mass is 19.3.